The number of rotatable bonds is 10. The van der Waals surface area contributed by atoms with Crippen LogP contribution in [-0.2, 0) is 17.8 Å². The summed E-state index contributed by atoms with van der Waals surface area (Å²) in [6.45, 7) is 0.505. The lowest BCUT2D eigenvalue weighted by molar-refractivity contribution is -0.384. The summed E-state index contributed by atoms with van der Waals surface area (Å²) in [5, 5.41) is 11.6. The van der Waals surface area contributed by atoms with Crippen molar-refractivity contribution in [3.8, 4) is 17.2 Å². The van der Waals surface area contributed by atoms with Gasteiger partial charge in [-0.3, -0.25) is 19.5 Å². The third kappa shape index (κ3) is 5.89. The van der Waals surface area contributed by atoms with Gasteiger partial charge in [0.05, 0.1) is 31.3 Å². The monoisotopic (exact) mass is 564 g/mol. The van der Waals surface area contributed by atoms with Crippen LogP contribution >= 0.6 is 11.6 Å². The molecule has 1 heterocycles. The van der Waals surface area contributed by atoms with Crippen molar-refractivity contribution in [3.63, 3.8) is 0 Å². The molecule has 0 aliphatic heterocycles. The van der Waals surface area contributed by atoms with Crippen molar-refractivity contribution in [3.05, 3.63) is 115 Å². The maximum Gasteiger partial charge on any atom is 0.347 e. The molecule has 0 aliphatic carbocycles. The van der Waals surface area contributed by atoms with Crippen LogP contribution in [0.2, 0.25) is 5.02 Å². The average Bonchev–Trinajstić information content (AvgIpc) is 2.97. The molecule has 0 bridgehead atoms. The van der Waals surface area contributed by atoms with E-state index in [-0.39, 0.29) is 29.6 Å². The zero-order valence-electron chi connectivity index (χ0n) is 21.9. The smallest absolute Gasteiger partial charge is 0.347 e. The molecule has 1 aromatic heterocycles. The molecule has 3 aromatic carbocycles. The number of nitrogens with zero attached hydrogens (tertiary/aromatic N) is 4. The van der Waals surface area contributed by atoms with Crippen LogP contribution in [0.5, 0.6) is 11.5 Å². The topological polar surface area (TPSA) is 126 Å². The summed E-state index contributed by atoms with van der Waals surface area (Å²) in [6, 6.07) is 18.6. The summed E-state index contributed by atoms with van der Waals surface area (Å²) in [5.74, 6) is 0.422. The van der Waals surface area contributed by atoms with Gasteiger partial charge in [0.15, 0.2) is 11.4 Å². The number of benzene rings is 3. The van der Waals surface area contributed by atoms with Gasteiger partial charge in [0.1, 0.15) is 23.5 Å². The van der Waals surface area contributed by atoms with Gasteiger partial charge in [-0.15, -0.1) is 0 Å². The molecule has 0 N–H and O–H groups in total. The summed E-state index contributed by atoms with van der Waals surface area (Å²) < 4.78 is 16.3. The quantitative estimate of drug-likeness (QED) is 0.151. The number of nitro groups is 1. The number of aromatic nitrogens is 2. The first-order valence-electron chi connectivity index (χ1n) is 11.9. The molecule has 11 nitrogen and oxygen atoms in total. The highest BCUT2D eigenvalue weighted by Crippen LogP contribution is 2.30. The van der Waals surface area contributed by atoms with Crippen LogP contribution < -0.4 is 19.9 Å². The van der Waals surface area contributed by atoms with Gasteiger partial charge in [-0.05, 0) is 41.5 Å². The third-order valence-corrected chi connectivity index (χ3v) is 6.41. The van der Waals surface area contributed by atoms with E-state index in [9.17, 15) is 19.7 Å². The van der Waals surface area contributed by atoms with E-state index in [0.29, 0.717) is 11.5 Å². The first-order chi connectivity index (χ1) is 19.3. The number of esters is 1. The lowest BCUT2D eigenvalue weighted by Gasteiger charge is -2.26. The van der Waals surface area contributed by atoms with Crippen molar-refractivity contribution in [1.82, 2.24) is 9.55 Å². The molecule has 0 spiro atoms. The Morgan fingerprint density at radius 1 is 0.950 bits per heavy atom. The molecule has 4 aromatic rings. The van der Waals surface area contributed by atoms with Crippen molar-refractivity contribution < 1.29 is 23.9 Å². The Labute approximate surface area is 234 Å². The summed E-state index contributed by atoms with van der Waals surface area (Å²) in [5.41, 5.74) is -0.215. The minimum Gasteiger partial charge on any atom is -0.497 e. The molecule has 0 fully saturated rings. The molecule has 0 unspecified atom stereocenters. The second kappa shape index (κ2) is 12.3. The molecule has 40 heavy (non-hydrogen) atoms. The highest BCUT2D eigenvalue weighted by atomic mass is 35.5. The van der Waals surface area contributed by atoms with E-state index in [1.807, 2.05) is 24.3 Å². The van der Waals surface area contributed by atoms with E-state index in [2.05, 4.69) is 4.98 Å². The van der Waals surface area contributed by atoms with Gasteiger partial charge in [0, 0.05) is 19.2 Å². The zero-order chi connectivity index (χ0) is 28.8. The van der Waals surface area contributed by atoms with Gasteiger partial charge in [-0.25, -0.2) is 9.78 Å². The second-order valence-electron chi connectivity index (χ2n) is 8.53. The predicted molar refractivity (Wildman–Crippen MR) is 149 cm³/mol. The number of hydrogen-bond acceptors (Lipinski definition) is 9. The Balaban J connectivity index is 1.89. The minimum absolute atomic E-state index is 0.0365. The van der Waals surface area contributed by atoms with Crippen LogP contribution in [0, 0.1) is 10.1 Å². The van der Waals surface area contributed by atoms with E-state index >= 15 is 0 Å². The number of para-hydroxylation sites is 1. The summed E-state index contributed by atoms with van der Waals surface area (Å²) in [6.07, 6.45) is 1.12. The van der Waals surface area contributed by atoms with Crippen LogP contribution in [0.15, 0.2) is 77.9 Å². The van der Waals surface area contributed by atoms with E-state index in [1.165, 1.54) is 18.2 Å². The maximum atomic E-state index is 13.8. The van der Waals surface area contributed by atoms with Crippen LogP contribution in [0.3, 0.4) is 0 Å². The fourth-order valence-corrected chi connectivity index (χ4v) is 4.38. The Bertz CT molecular complexity index is 1540. The van der Waals surface area contributed by atoms with Gasteiger partial charge in [0.25, 0.3) is 11.2 Å². The summed E-state index contributed by atoms with van der Waals surface area (Å²) >= 11 is 6.27. The fraction of sp³-hybridized carbons (Fsp3) is 0.179. The van der Waals surface area contributed by atoms with E-state index < -0.39 is 27.7 Å². The van der Waals surface area contributed by atoms with Crippen molar-refractivity contribution in [1.29, 1.82) is 0 Å². The first kappa shape index (κ1) is 28.1. The van der Waals surface area contributed by atoms with Gasteiger partial charge in [-0.2, -0.15) is 0 Å². The Morgan fingerprint density at radius 2 is 1.50 bits per heavy atom. The minimum atomic E-state index is -0.953. The van der Waals surface area contributed by atoms with Crippen LogP contribution in [0.1, 0.15) is 21.5 Å². The molecule has 4 rings (SSSR count). The average molecular weight is 565 g/mol. The van der Waals surface area contributed by atoms with Crippen LogP contribution in [0.4, 0.5) is 11.5 Å². The molecular formula is C28H25ClN4O7. The summed E-state index contributed by atoms with van der Waals surface area (Å²) in [4.78, 5) is 44.0. The van der Waals surface area contributed by atoms with Gasteiger partial charge in [0.2, 0.25) is 0 Å². The zero-order valence-corrected chi connectivity index (χ0v) is 22.6. The molecule has 0 atom stereocenters. The number of carbonyl (C=O) groups excluding carboxylic acids is 1. The van der Waals surface area contributed by atoms with Crippen molar-refractivity contribution >= 4 is 29.1 Å². The molecule has 0 saturated carbocycles. The Hall–Kier alpha value is -4.90. The number of methoxy groups -OCH3 is 3. The number of ether oxygens (including phenoxy) is 3. The largest absolute Gasteiger partial charge is 0.497 e. The van der Waals surface area contributed by atoms with Crippen molar-refractivity contribution in [2.45, 2.75) is 13.1 Å². The molecule has 0 amide bonds. The Morgan fingerprint density at radius 3 is 1.98 bits per heavy atom. The summed E-state index contributed by atoms with van der Waals surface area (Å²) in [7, 11) is 4.27. The van der Waals surface area contributed by atoms with Gasteiger partial charge < -0.3 is 19.1 Å². The third-order valence-electron chi connectivity index (χ3n) is 6.11. The van der Waals surface area contributed by atoms with Gasteiger partial charge >= 0.3 is 5.97 Å². The number of nitro benzene ring substituents is 1. The van der Waals surface area contributed by atoms with Gasteiger partial charge in [-0.1, -0.05) is 41.9 Å². The molecule has 206 valence electrons. The number of hydrogen-bond donors (Lipinski definition) is 0. The lowest BCUT2D eigenvalue weighted by Crippen LogP contribution is -2.33. The SMILES string of the molecule is COC(=O)c1c(N(Cc2ccc(OC)cc2)Cc2ccc(OC)cc2)ncn(-c2c(Cl)cccc2[N+](=O)[O-])c1=O. The highest BCUT2D eigenvalue weighted by molar-refractivity contribution is 6.32. The molecule has 0 aliphatic rings. The number of halogens is 1. The number of anilines is 1. The predicted octanol–water partition coefficient (Wildman–Crippen LogP) is 4.80. The Kier molecular flexibility index (Phi) is 8.65. The van der Waals surface area contributed by atoms with E-state index in [0.717, 1.165) is 29.1 Å². The van der Waals surface area contributed by atoms with E-state index in [1.54, 1.807) is 43.4 Å². The van der Waals surface area contributed by atoms with Crippen molar-refractivity contribution in [2.24, 2.45) is 0 Å². The molecule has 12 heteroatoms. The first-order valence-corrected chi connectivity index (χ1v) is 12.3. The normalized spacial score (nSPS) is 10.6. The van der Waals surface area contributed by atoms with Crippen molar-refractivity contribution in [2.75, 3.05) is 26.2 Å². The van der Waals surface area contributed by atoms with Crippen LogP contribution in [0.25, 0.3) is 5.69 Å². The fourth-order valence-electron chi connectivity index (χ4n) is 4.12. The van der Waals surface area contributed by atoms with E-state index in [4.69, 9.17) is 25.8 Å². The molecule has 0 radical (unpaired) electrons. The van der Waals surface area contributed by atoms with Crippen LogP contribution in [-0.4, -0.2) is 41.8 Å². The molecule has 0 saturated heterocycles. The lowest BCUT2D eigenvalue weighted by atomic mass is 10.1. The molecular weight excluding hydrogens is 540 g/mol. The standard InChI is InChI=1S/C28H25ClN4O7/c1-38-20-11-7-18(8-12-20)15-31(16-19-9-13-21(39-2)14-10-19)26-24(28(35)40-3)27(34)32(17-30-26)25-22(29)5-4-6-23(25)33(36)37/h4-14,17H,15-16H2,1-3H3. The second-order valence-corrected chi connectivity index (χ2v) is 8.93. The maximum absolute atomic E-state index is 13.8. The number of carbonyl (C=O) groups is 1. The highest BCUT2D eigenvalue weighted by Gasteiger charge is 2.28.